The number of nitrogens with zero attached hydrogens (tertiary/aromatic N) is 4. The Kier molecular flexibility index (Phi) is 4.22. The fraction of sp³-hybridized carbons (Fsp3) is 0.143. The Balaban J connectivity index is 1.87. The molecule has 0 aliphatic carbocycles. The number of anilines is 1. The van der Waals surface area contributed by atoms with E-state index in [2.05, 4.69) is 20.6 Å². The van der Waals surface area contributed by atoms with Crippen LogP contribution >= 0.6 is 11.3 Å². The number of carbonyl (C=O) groups excluding carboxylic acids is 1. The highest BCUT2D eigenvalue weighted by molar-refractivity contribution is 7.13. The maximum atomic E-state index is 12.2. The van der Waals surface area contributed by atoms with Crippen molar-refractivity contribution in [2.45, 2.75) is 6.54 Å². The fourth-order valence-corrected chi connectivity index (χ4v) is 2.62. The summed E-state index contributed by atoms with van der Waals surface area (Å²) < 4.78 is 1.57. The first-order valence-corrected chi connectivity index (χ1v) is 7.46. The van der Waals surface area contributed by atoms with Crippen molar-refractivity contribution < 1.29 is 9.90 Å². The molecule has 3 rings (SSSR count). The summed E-state index contributed by atoms with van der Waals surface area (Å²) in [5.74, 6) is 0.228. The quantitative estimate of drug-likeness (QED) is 0.747. The van der Waals surface area contributed by atoms with Crippen LogP contribution in [0.15, 0.2) is 42.0 Å². The molecule has 3 aromatic heterocycles. The van der Waals surface area contributed by atoms with Gasteiger partial charge in [-0.15, -0.1) is 11.3 Å². The standard InChI is InChI=1S/C14H13N5O2S/c20-6-5-19-13(8-11(18-19)12-2-1-7-22-12)17-14(21)10-3-4-15-16-9-10/h1-4,7-9,20H,5-6H2,(H,17,21). The monoisotopic (exact) mass is 315 g/mol. The Morgan fingerprint density at radius 3 is 2.95 bits per heavy atom. The average molecular weight is 315 g/mol. The second-order valence-electron chi connectivity index (χ2n) is 4.42. The van der Waals surface area contributed by atoms with Gasteiger partial charge in [0.2, 0.25) is 0 Å². The van der Waals surface area contributed by atoms with Gasteiger partial charge in [0.1, 0.15) is 11.5 Å². The molecule has 0 spiro atoms. The first-order valence-electron chi connectivity index (χ1n) is 6.58. The van der Waals surface area contributed by atoms with Crippen LogP contribution in [-0.4, -0.2) is 37.6 Å². The summed E-state index contributed by atoms with van der Waals surface area (Å²) in [5.41, 5.74) is 1.16. The Labute approximate surface area is 130 Å². The molecule has 2 N–H and O–H groups in total. The van der Waals surface area contributed by atoms with Crippen LogP contribution in [0.1, 0.15) is 10.4 Å². The normalized spacial score (nSPS) is 10.6. The zero-order valence-corrected chi connectivity index (χ0v) is 12.3. The van der Waals surface area contributed by atoms with E-state index in [9.17, 15) is 4.79 Å². The topological polar surface area (TPSA) is 92.9 Å². The molecule has 0 aliphatic rings. The molecule has 112 valence electrons. The number of nitrogens with one attached hydrogen (secondary N) is 1. The maximum Gasteiger partial charge on any atom is 0.258 e. The number of aromatic nitrogens is 4. The smallest absolute Gasteiger partial charge is 0.258 e. The number of aliphatic hydroxyl groups is 1. The summed E-state index contributed by atoms with van der Waals surface area (Å²) in [6.45, 7) is 0.237. The molecule has 0 unspecified atom stereocenters. The first-order chi connectivity index (χ1) is 10.8. The van der Waals surface area contributed by atoms with E-state index in [0.29, 0.717) is 17.9 Å². The molecule has 3 aromatic rings. The van der Waals surface area contributed by atoms with Crippen molar-refractivity contribution in [1.29, 1.82) is 0 Å². The molecule has 8 heteroatoms. The number of rotatable bonds is 5. The van der Waals surface area contributed by atoms with Crippen molar-refractivity contribution in [3.8, 4) is 10.6 Å². The molecule has 0 atom stereocenters. The van der Waals surface area contributed by atoms with Crippen LogP contribution in [-0.2, 0) is 6.54 Å². The van der Waals surface area contributed by atoms with Crippen LogP contribution in [0, 0.1) is 0 Å². The lowest BCUT2D eigenvalue weighted by atomic mass is 10.3. The van der Waals surface area contributed by atoms with E-state index in [-0.39, 0.29) is 12.5 Å². The molecule has 0 aromatic carbocycles. The third-order valence-corrected chi connectivity index (χ3v) is 3.85. The van der Waals surface area contributed by atoms with Gasteiger partial charge in [0.05, 0.1) is 36.0 Å². The lowest BCUT2D eigenvalue weighted by Crippen LogP contribution is -2.17. The largest absolute Gasteiger partial charge is 0.394 e. The molecule has 1 amide bonds. The van der Waals surface area contributed by atoms with Gasteiger partial charge in [0, 0.05) is 6.07 Å². The van der Waals surface area contributed by atoms with Crippen LogP contribution in [0.3, 0.4) is 0 Å². The Morgan fingerprint density at radius 1 is 1.36 bits per heavy atom. The molecular formula is C14H13N5O2S. The Hall–Kier alpha value is -2.58. The van der Waals surface area contributed by atoms with Crippen molar-refractivity contribution in [3.63, 3.8) is 0 Å². The molecule has 7 nitrogen and oxygen atoms in total. The Bertz CT molecular complexity index is 755. The van der Waals surface area contributed by atoms with Crippen LogP contribution in [0.2, 0.25) is 0 Å². The Morgan fingerprint density at radius 2 is 2.27 bits per heavy atom. The number of thiophene rings is 1. The molecule has 0 saturated carbocycles. The first kappa shape index (κ1) is 14.4. The predicted octanol–water partition coefficient (Wildman–Crippen LogP) is 1.65. The lowest BCUT2D eigenvalue weighted by molar-refractivity contribution is 0.102. The average Bonchev–Trinajstić information content (AvgIpc) is 3.19. The number of amides is 1. The molecule has 0 fully saturated rings. The minimum atomic E-state index is -0.299. The zero-order chi connectivity index (χ0) is 15.4. The highest BCUT2D eigenvalue weighted by Gasteiger charge is 2.14. The predicted molar refractivity (Wildman–Crippen MR) is 82.6 cm³/mol. The third kappa shape index (κ3) is 3.02. The molecule has 0 radical (unpaired) electrons. The van der Waals surface area contributed by atoms with Crippen molar-refractivity contribution in [2.24, 2.45) is 0 Å². The van der Waals surface area contributed by atoms with E-state index >= 15 is 0 Å². The van der Waals surface area contributed by atoms with Crippen molar-refractivity contribution in [2.75, 3.05) is 11.9 Å². The van der Waals surface area contributed by atoms with Gasteiger partial charge in [0.25, 0.3) is 5.91 Å². The van der Waals surface area contributed by atoms with E-state index < -0.39 is 0 Å². The summed E-state index contributed by atoms with van der Waals surface area (Å²) in [5, 5.41) is 25.6. The second-order valence-corrected chi connectivity index (χ2v) is 5.37. The lowest BCUT2D eigenvalue weighted by Gasteiger charge is -2.07. The minimum Gasteiger partial charge on any atom is -0.394 e. The van der Waals surface area contributed by atoms with Gasteiger partial charge in [-0.2, -0.15) is 15.3 Å². The van der Waals surface area contributed by atoms with Gasteiger partial charge < -0.3 is 10.4 Å². The second kappa shape index (κ2) is 6.46. The van der Waals surface area contributed by atoms with Gasteiger partial charge in [-0.25, -0.2) is 4.68 Å². The summed E-state index contributed by atoms with van der Waals surface area (Å²) in [7, 11) is 0. The number of hydrogen-bond acceptors (Lipinski definition) is 6. The van der Waals surface area contributed by atoms with Crippen LogP contribution in [0.4, 0.5) is 5.82 Å². The van der Waals surface area contributed by atoms with Crippen molar-refractivity contribution in [3.05, 3.63) is 47.6 Å². The number of aliphatic hydroxyl groups excluding tert-OH is 1. The molecule has 0 saturated heterocycles. The highest BCUT2D eigenvalue weighted by Crippen LogP contribution is 2.26. The van der Waals surface area contributed by atoms with Gasteiger partial charge in [-0.1, -0.05) is 6.07 Å². The van der Waals surface area contributed by atoms with Gasteiger partial charge in [-0.05, 0) is 17.5 Å². The summed E-state index contributed by atoms with van der Waals surface area (Å²) in [4.78, 5) is 13.2. The highest BCUT2D eigenvalue weighted by atomic mass is 32.1. The van der Waals surface area contributed by atoms with E-state index in [1.807, 2.05) is 17.5 Å². The molecule has 3 heterocycles. The van der Waals surface area contributed by atoms with E-state index in [0.717, 1.165) is 10.6 Å². The van der Waals surface area contributed by atoms with Gasteiger partial charge in [0.15, 0.2) is 0 Å². The summed E-state index contributed by atoms with van der Waals surface area (Å²) in [6.07, 6.45) is 2.85. The number of hydrogen-bond donors (Lipinski definition) is 2. The van der Waals surface area contributed by atoms with E-state index in [1.54, 1.807) is 28.2 Å². The van der Waals surface area contributed by atoms with Crippen LogP contribution < -0.4 is 5.32 Å². The van der Waals surface area contributed by atoms with E-state index in [4.69, 9.17) is 5.11 Å². The molecule has 0 bridgehead atoms. The fourth-order valence-electron chi connectivity index (χ4n) is 1.94. The third-order valence-electron chi connectivity index (χ3n) is 2.95. The van der Waals surface area contributed by atoms with Crippen molar-refractivity contribution in [1.82, 2.24) is 20.0 Å². The maximum absolute atomic E-state index is 12.2. The van der Waals surface area contributed by atoms with Crippen LogP contribution in [0.5, 0.6) is 0 Å². The summed E-state index contributed by atoms with van der Waals surface area (Å²) >= 11 is 1.56. The molecule has 22 heavy (non-hydrogen) atoms. The number of carbonyl (C=O) groups is 1. The molecule has 0 aliphatic heterocycles. The summed E-state index contributed by atoms with van der Waals surface area (Å²) in [6, 6.07) is 7.25. The van der Waals surface area contributed by atoms with Gasteiger partial charge in [-0.3, -0.25) is 4.79 Å². The van der Waals surface area contributed by atoms with E-state index in [1.165, 1.54) is 12.4 Å². The van der Waals surface area contributed by atoms with Gasteiger partial charge >= 0.3 is 0 Å². The SMILES string of the molecule is O=C(Nc1cc(-c2cccs2)nn1CCO)c1ccnnc1. The van der Waals surface area contributed by atoms with Crippen LogP contribution in [0.25, 0.3) is 10.6 Å². The minimum absolute atomic E-state index is 0.0642. The molecular weight excluding hydrogens is 302 g/mol. The zero-order valence-electron chi connectivity index (χ0n) is 11.5. The van der Waals surface area contributed by atoms with Crippen molar-refractivity contribution >= 4 is 23.1 Å².